The lowest BCUT2D eigenvalue weighted by molar-refractivity contribution is -0.172. The second kappa shape index (κ2) is 6.07. The number of aromatic nitrogens is 1. The molecular weight excluding hydrogens is 399 g/mol. The normalized spacial score (nSPS) is 25.3. The van der Waals surface area contributed by atoms with Crippen LogP contribution in [0.1, 0.15) is 65.7 Å². The van der Waals surface area contributed by atoms with Crippen molar-refractivity contribution in [1.82, 2.24) is 4.57 Å². The lowest BCUT2D eigenvalue weighted by Gasteiger charge is -2.34. The maximum Gasteiger partial charge on any atom is 0.343 e. The van der Waals surface area contributed by atoms with Crippen LogP contribution >= 0.6 is 0 Å². The number of fused-ring (bicyclic) bond motifs is 4. The van der Waals surface area contributed by atoms with Crippen LogP contribution in [0.2, 0.25) is 0 Å². The molecule has 1 aromatic heterocycles. The van der Waals surface area contributed by atoms with Crippen LogP contribution in [0.5, 0.6) is 0 Å². The number of nitrogens with one attached hydrogen (secondary N) is 1. The van der Waals surface area contributed by atoms with Gasteiger partial charge in [-0.2, -0.15) is 0 Å². The van der Waals surface area contributed by atoms with Crippen molar-refractivity contribution in [2.45, 2.75) is 64.3 Å². The van der Waals surface area contributed by atoms with E-state index in [-0.39, 0.29) is 30.4 Å². The van der Waals surface area contributed by atoms with E-state index >= 15 is 0 Å². The van der Waals surface area contributed by atoms with Crippen molar-refractivity contribution in [3.8, 4) is 0 Å². The van der Waals surface area contributed by atoms with Gasteiger partial charge in [0.25, 0.3) is 5.56 Å². The summed E-state index contributed by atoms with van der Waals surface area (Å²) in [5, 5.41) is 14.5. The maximum atomic E-state index is 14.6. The largest absolute Gasteiger partial charge is 0.458 e. The van der Waals surface area contributed by atoms with Crippen LogP contribution in [0.3, 0.4) is 0 Å². The summed E-state index contributed by atoms with van der Waals surface area (Å²) in [4.78, 5) is 25.7. The summed E-state index contributed by atoms with van der Waals surface area (Å²) in [7, 11) is 0. The zero-order valence-corrected chi connectivity index (χ0v) is 17.5. The van der Waals surface area contributed by atoms with E-state index in [0.29, 0.717) is 28.9 Å². The molecule has 160 valence electrons. The van der Waals surface area contributed by atoms with Crippen LogP contribution in [0.15, 0.2) is 22.5 Å². The molecule has 2 aromatic rings. The lowest BCUT2D eigenvalue weighted by Crippen LogP contribution is -2.44. The summed E-state index contributed by atoms with van der Waals surface area (Å²) in [5.41, 5.74) is 5.21. The molecule has 31 heavy (non-hydrogen) atoms. The SMILES string of the molecule is CC[C@@]1(O)C(=O)OCc2c1cc1n(c2=O)CC2=C3CCCc4c(C)c(F)cc(c43)NC21. The number of carbonyl (C=O) groups is 1. The highest BCUT2D eigenvalue weighted by Crippen LogP contribution is 2.50. The van der Waals surface area contributed by atoms with Gasteiger partial charge in [0.15, 0.2) is 5.60 Å². The molecule has 4 aliphatic rings. The Morgan fingerprint density at radius 2 is 2.10 bits per heavy atom. The Balaban J connectivity index is 1.59. The molecule has 4 heterocycles. The summed E-state index contributed by atoms with van der Waals surface area (Å²) in [6.07, 6.45) is 2.80. The van der Waals surface area contributed by atoms with Crippen molar-refractivity contribution in [3.05, 3.63) is 67.4 Å². The van der Waals surface area contributed by atoms with Crippen molar-refractivity contribution in [2.24, 2.45) is 0 Å². The number of hydrogen-bond acceptors (Lipinski definition) is 5. The number of nitrogens with zero attached hydrogens (tertiary/aromatic N) is 1. The molecule has 1 aliphatic carbocycles. The van der Waals surface area contributed by atoms with Crippen molar-refractivity contribution in [3.63, 3.8) is 0 Å². The number of cyclic esters (lactones) is 1. The third-order valence-electron chi connectivity index (χ3n) is 7.54. The molecule has 6 rings (SSSR count). The van der Waals surface area contributed by atoms with Gasteiger partial charge >= 0.3 is 5.97 Å². The second-order valence-corrected chi connectivity index (χ2v) is 8.96. The summed E-state index contributed by atoms with van der Waals surface area (Å²) in [6.45, 7) is 3.84. The molecule has 0 fully saturated rings. The molecule has 6 nitrogen and oxygen atoms in total. The predicted octanol–water partition coefficient (Wildman–Crippen LogP) is 3.22. The average Bonchev–Trinajstić information content (AvgIpc) is 3.14. The number of hydrogen-bond donors (Lipinski definition) is 2. The number of pyridine rings is 1. The smallest absolute Gasteiger partial charge is 0.343 e. The molecule has 0 spiro atoms. The Morgan fingerprint density at radius 3 is 2.87 bits per heavy atom. The van der Waals surface area contributed by atoms with E-state index in [1.807, 2.05) is 6.92 Å². The third-order valence-corrected chi connectivity index (χ3v) is 7.54. The van der Waals surface area contributed by atoms with Gasteiger partial charge in [-0.05, 0) is 67.0 Å². The third kappa shape index (κ3) is 2.24. The summed E-state index contributed by atoms with van der Waals surface area (Å²) >= 11 is 0. The first-order valence-corrected chi connectivity index (χ1v) is 10.8. The van der Waals surface area contributed by atoms with Crippen LogP contribution in [-0.2, 0) is 34.7 Å². The molecule has 1 unspecified atom stereocenters. The monoisotopic (exact) mass is 422 g/mol. The van der Waals surface area contributed by atoms with Crippen LogP contribution in [0.25, 0.3) is 5.57 Å². The Kier molecular flexibility index (Phi) is 3.68. The van der Waals surface area contributed by atoms with Gasteiger partial charge in [0, 0.05) is 29.1 Å². The van der Waals surface area contributed by atoms with Gasteiger partial charge in [-0.3, -0.25) is 4.79 Å². The van der Waals surface area contributed by atoms with E-state index in [2.05, 4.69) is 5.32 Å². The van der Waals surface area contributed by atoms with Gasteiger partial charge in [-0.15, -0.1) is 0 Å². The van der Waals surface area contributed by atoms with Gasteiger partial charge in [0.2, 0.25) is 0 Å². The molecule has 0 bridgehead atoms. The second-order valence-electron chi connectivity index (χ2n) is 8.96. The predicted molar refractivity (Wildman–Crippen MR) is 112 cm³/mol. The van der Waals surface area contributed by atoms with E-state index in [1.165, 1.54) is 5.57 Å². The van der Waals surface area contributed by atoms with Gasteiger partial charge in [-0.1, -0.05) is 6.92 Å². The molecule has 3 aliphatic heterocycles. The van der Waals surface area contributed by atoms with Crippen molar-refractivity contribution in [1.29, 1.82) is 0 Å². The number of rotatable bonds is 1. The van der Waals surface area contributed by atoms with Crippen LogP contribution < -0.4 is 10.9 Å². The topological polar surface area (TPSA) is 80.6 Å². The first-order valence-electron chi connectivity index (χ1n) is 10.8. The fourth-order valence-electron chi connectivity index (χ4n) is 5.81. The van der Waals surface area contributed by atoms with E-state index in [9.17, 15) is 19.1 Å². The fourth-order valence-corrected chi connectivity index (χ4v) is 5.81. The zero-order chi connectivity index (χ0) is 21.7. The zero-order valence-electron chi connectivity index (χ0n) is 17.5. The molecule has 2 N–H and O–H groups in total. The fraction of sp³-hybridized carbons (Fsp3) is 0.417. The van der Waals surface area contributed by atoms with Crippen LogP contribution in [-0.4, -0.2) is 15.6 Å². The number of aliphatic hydroxyl groups is 1. The Labute approximate surface area is 178 Å². The van der Waals surface area contributed by atoms with Crippen molar-refractivity contribution in [2.75, 3.05) is 5.32 Å². The Bertz CT molecular complexity index is 1290. The number of ether oxygens (including phenoxy) is 1. The average molecular weight is 422 g/mol. The molecule has 1 aromatic carbocycles. The first kappa shape index (κ1) is 18.8. The summed E-state index contributed by atoms with van der Waals surface area (Å²) in [5.74, 6) is -0.949. The number of allylic oxidation sites excluding steroid dienone is 1. The van der Waals surface area contributed by atoms with Crippen molar-refractivity contribution < 1.29 is 19.0 Å². The van der Waals surface area contributed by atoms with Gasteiger partial charge in [-0.25, -0.2) is 9.18 Å². The summed E-state index contributed by atoms with van der Waals surface area (Å²) in [6, 6.07) is 3.04. The van der Waals surface area contributed by atoms with Gasteiger partial charge in [0.05, 0.1) is 11.6 Å². The number of carbonyl (C=O) groups excluding carboxylic acids is 1. The molecule has 0 saturated carbocycles. The maximum absolute atomic E-state index is 14.6. The van der Waals surface area contributed by atoms with E-state index in [4.69, 9.17) is 4.74 Å². The standard InChI is InChI=1S/C24H23FN2O4/c1-3-24(30)16-7-19-21-14(9-27(19)22(28)15(16)10-31-23(24)29)13-6-4-5-12-11(2)17(25)8-18(26-21)20(12)13/h7-8,21,26,30H,3-6,9-10H2,1-2H3/t21?,24-/m0/s1. The molecule has 0 amide bonds. The Hall–Kier alpha value is -2.93. The molecule has 2 atom stereocenters. The first-order chi connectivity index (χ1) is 14.8. The van der Waals surface area contributed by atoms with E-state index < -0.39 is 11.6 Å². The molecular formula is C24H23FN2O4. The minimum Gasteiger partial charge on any atom is -0.458 e. The molecule has 7 heteroatoms. The molecule has 0 radical (unpaired) electrons. The Morgan fingerprint density at radius 1 is 1.29 bits per heavy atom. The van der Waals surface area contributed by atoms with E-state index in [1.54, 1.807) is 23.6 Å². The number of anilines is 1. The molecule has 0 saturated heterocycles. The number of benzene rings is 1. The quantitative estimate of drug-likeness (QED) is 0.690. The van der Waals surface area contributed by atoms with Crippen LogP contribution in [0, 0.1) is 12.7 Å². The van der Waals surface area contributed by atoms with Gasteiger partial charge in [0.1, 0.15) is 12.4 Å². The lowest BCUT2D eigenvalue weighted by atomic mass is 9.78. The number of halogens is 1. The minimum atomic E-state index is -1.83. The van der Waals surface area contributed by atoms with Crippen LogP contribution in [0.4, 0.5) is 10.1 Å². The van der Waals surface area contributed by atoms with Gasteiger partial charge < -0.3 is 19.7 Å². The highest BCUT2D eigenvalue weighted by molar-refractivity contribution is 5.87. The number of esters is 1. The minimum absolute atomic E-state index is 0.116. The highest BCUT2D eigenvalue weighted by atomic mass is 19.1. The highest BCUT2D eigenvalue weighted by Gasteiger charge is 2.47. The van der Waals surface area contributed by atoms with Crippen molar-refractivity contribution >= 4 is 17.2 Å². The van der Waals surface area contributed by atoms with E-state index in [0.717, 1.165) is 41.6 Å². The summed E-state index contributed by atoms with van der Waals surface area (Å²) < 4.78 is 21.5.